The number of hydrogen-bond donors (Lipinski definition) is 1. The molecule has 1 amide bonds. The van der Waals surface area contributed by atoms with Crippen molar-refractivity contribution in [1.82, 2.24) is 5.32 Å². The first-order valence-corrected chi connectivity index (χ1v) is 2.70. The summed E-state index contributed by atoms with van der Waals surface area (Å²) in [5.74, 6) is -0.0288. The molecule has 0 bridgehead atoms. The number of halogens is 1. The zero-order chi connectivity index (χ0) is 5.98. The summed E-state index contributed by atoms with van der Waals surface area (Å²) in [5, 5.41) is 2.42. The Bertz CT molecular complexity index is 94.6. The van der Waals surface area contributed by atoms with Crippen LogP contribution in [0, 0.1) is 0 Å². The predicted octanol–water partition coefficient (Wildman–Crippen LogP) is 0.234. The van der Waals surface area contributed by atoms with Gasteiger partial charge in [0.1, 0.15) is 6.17 Å². The number of alkyl halides is 1. The van der Waals surface area contributed by atoms with Gasteiger partial charge in [0.15, 0.2) is 0 Å². The van der Waals surface area contributed by atoms with Crippen molar-refractivity contribution >= 4 is 5.91 Å². The molecule has 0 aromatic carbocycles. The highest BCUT2D eigenvalue weighted by molar-refractivity contribution is 5.76. The molecule has 0 saturated carbocycles. The van der Waals surface area contributed by atoms with Gasteiger partial charge in [0.2, 0.25) is 5.91 Å². The van der Waals surface area contributed by atoms with Crippen molar-refractivity contribution in [2.45, 2.75) is 19.0 Å². The van der Waals surface area contributed by atoms with Crippen LogP contribution in [0.5, 0.6) is 0 Å². The maximum atomic E-state index is 12.1. The third kappa shape index (κ3) is 1.18. The minimum absolute atomic E-state index is 0.0288. The molecular formula is C5H8FNO. The minimum Gasteiger partial charge on any atom is -0.353 e. The van der Waals surface area contributed by atoms with Gasteiger partial charge >= 0.3 is 0 Å². The Kier molecular flexibility index (Phi) is 1.46. The van der Waals surface area contributed by atoms with E-state index in [0.29, 0.717) is 12.8 Å². The van der Waals surface area contributed by atoms with Gasteiger partial charge in [-0.05, 0) is 6.42 Å². The van der Waals surface area contributed by atoms with Crippen LogP contribution in [0.15, 0.2) is 0 Å². The fourth-order valence-electron chi connectivity index (χ4n) is 0.703. The van der Waals surface area contributed by atoms with Crippen LogP contribution in [-0.2, 0) is 4.79 Å². The molecule has 2 nitrogen and oxygen atoms in total. The molecule has 1 saturated heterocycles. The van der Waals surface area contributed by atoms with Crippen molar-refractivity contribution in [2.75, 3.05) is 6.54 Å². The summed E-state index contributed by atoms with van der Waals surface area (Å²) in [5.41, 5.74) is 0. The Balaban J connectivity index is 2.29. The fraction of sp³-hybridized carbons (Fsp3) is 0.800. The van der Waals surface area contributed by atoms with E-state index < -0.39 is 6.17 Å². The van der Waals surface area contributed by atoms with Crippen LogP contribution in [-0.4, -0.2) is 18.6 Å². The van der Waals surface area contributed by atoms with E-state index in [9.17, 15) is 9.18 Å². The van der Waals surface area contributed by atoms with Crippen LogP contribution in [0.4, 0.5) is 4.39 Å². The van der Waals surface area contributed by atoms with E-state index in [1.165, 1.54) is 0 Å². The normalized spacial score (nSPS) is 29.6. The van der Waals surface area contributed by atoms with Gasteiger partial charge in [-0.2, -0.15) is 0 Å². The minimum atomic E-state index is -0.812. The number of carbonyl (C=O) groups is 1. The molecular weight excluding hydrogens is 109 g/mol. The molecule has 0 aromatic rings. The molecule has 1 N–H and O–H groups in total. The summed E-state index contributed by atoms with van der Waals surface area (Å²) < 4.78 is 12.1. The van der Waals surface area contributed by atoms with Crippen LogP contribution in [0.25, 0.3) is 0 Å². The molecule has 46 valence electrons. The first kappa shape index (κ1) is 5.54. The second-order valence-corrected chi connectivity index (χ2v) is 1.94. The van der Waals surface area contributed by atoms with Crippen LogP contribution in [0.1, 0.15) is 12.8 Å². The van der Waals surface area contributed by atoms with Gasteiger partial charge in [-0.25, -0.2) is 4.39 Å². The van der Waals surface area contributed by atoms with Crippen molar-refractivity contribution < 1.29 is 9.18 Å². The monoisotopic (exact) mass is 117 g/mol. The van der Waals surface area contributed by atoms with Crippen molar-refractivity contribution in [2.24, 2.45) is 0 Å². The zero-order valence-corrected chi connectivity index (χ0v) is 4.48. The first-order valence-electron chi connectivity index (χ1n) is 2.70. The molecule has 0 aliphatic carbocycles. The molecule has 1 aliphatic heterocycles. The summed E-state index contributed by atoms with van der Waals surface area (Å²) in [4.78, 5) is 10.3. The van der Waals surface area contributed by atoms with Crippen LogP contribution in [0.3, 0.4) is 0 Å². The van der Waals surface area contributed by atoms with Crippen molar-refractivity contribution in [1.29, 1.82) is 0 Å². The number of amides is 1. The first-order chi connectivity index (χ1) is 3.79. The molecule has 0 spiro atoms. The molecule has 0 radical (unpaired) electrons. The highest BCUT2D eigenvalue weighted by Gasteiger charge is 2.15. The van der Waals surface area contributed by atoms with Crippen LogP contribution >= 0.6 is 0 Å². The van der Waals surface area contributed by atoms with E-state index in [4.69, 9.17) is 0 Å². The molecule has 1 rings (SSSR count). The Labute approximate surface area is 47.1 Å². The van der Waals surface area contributed by atoms with Gasteiger partial charge in [0.25, 0.3) is 0 Å². The zero-order valence-electron chi connectivity index (χ0n) is 4.48. The van der Waals surface area contributed by atoms with E-state index in [1.54, 1.807) is 0 Å². The van der Waals surface area contributed by atoms with Gasteiger partial charge in [0, 0.05) is 13.0 Å². The summed E-state index contributed by atoms with van der Waals surface area (Å²) in [6.45, 7) is 0.207. The smallest absolute Gasteiger partial charge is 0.220 e. The van der Waals surface area contributed by atoms with Gasteiger partial charge in [-0.15, -0.1) is 0 Å². The predicted molar refractivity (Wildman–Crippen MR) is 27.1 cm³/mol. The van der Waals surface area contributed by atoms with E-state index in [1.807, 2.05) is 0 Å². The van der Waals surface area contributed by atoms with E-state index in [0.717, 1.165) is 0 Å². The Morgan fingerprint density at radius 2 is 2.50 bits per heavy atom. The van der Waals surface area contributed by atoms with Gasteiger partial charge in [0.05, 0.1) is 0 Å². The van der Waals surface area contributed by atoms with Gasteiger partial charge < -0.3 is 5.32 Å². The van der Waals surface area contributed by atoms with Gasteiger partial charge in [-0.3, -0.25) is 4.79 Å². The standard InChI is InChI=1S/C5H8FNO/c6-4-1-2-5(8)7-3-4/h4H,1-3H2,(H,7,8). The Morgan fingerprint density at radius 3 is 2.88 bits per heavy atom. The summed E-state index contributed by atoms with van der Waals surface area (Å²) in [7, 11) is 0. The van der Waals surface area contributed by atoms with E-state index >= 15 is 0 Å². The molecule has 3 heteroatoms. The molecule has 1 fully saturated rings. The lowest BCUT2D eigenvalue weighted by molar-refractivity contribution is -0.123. The van der Waals surface area contributed by atoms with Gasteiger partial charge in [-0.1, -0.05) is 0 Å². The van der Waals surface area contributed by atoms with E-state index in [-0.39, 0.29) is 12.5 Å². The molecule has 0 aromatic heterocycles. The van der Waals surface area contributed by atoms with Crippen LogP contribution < -0.4 is 5.32 Å². The maximum Gasteiger partial charge on any atom is 0.220 e. The number of hydrogen-bond acceptors (Lipinski definition) is 1. The lowest BCUT2D eigenvalue weighted by Crippen LogP contribution is -2.35. The number of rotatable bonds is 0. The second kappa shape index (κ2) is 2.11. The second-order valence-electron chi connectivity index (χ2n) is 1.94. The highest BCUT2D eigenvalue weighted by atomic mass is 19.1. The largest absolute Gasteiger partial charge is 0.353 e. The lowest BCUT2D eigenvalue weighted by Gasteiger charge is -2.14. The summed E-state index contributed by atoms with van der Waals surface area (Å²) in [6.07, 6.45) is -0.0693. The van der Waals surface area contributed by atoms with Crippen molar-refractivity contribution in [3.8, 4) is 0 Å². The average Bonchev–Trinajstić information content (AvgIpc) is 1.77. The highest BCUT2D eigenvalue weighted by Crippen LogP contribution is 2.04. The topological polar surface area (TPSA) is 29.1 Å². The molecule has 1 heterocycles. The summed E-state index contributed by atoms with van der Waals surface area (Å²) in [6, 6.07) is 0. The fourth-order valence-corrected chi connectivity index (χ4v) is 0.703. The Morgan fingerprint density at radius 1 is 1.75 bits per heavy atom. The quantitative estimate of drug-likeness (QED) is 0.483. The third-order valence-corrected chi connectivity index (χ3v) is 1.21. The SMILES string of the molecule is O=C1CCC(F)CN1. The molecule has 8 heavy (non-hydrogen) atoms. The van der Waals surface area contributed by atoms with Crippen molar-refractivity contribution in [3.05, 3.63) is 0 Å². The number of piperidine rings is 1. The lowest BCUT2D eigenvalue weighted by atomic mass is 10.1. The van der Waals surface area contributed by atoms with Crippen molar-refractivity contribution in [3.63, 3.8) is 0 Å². The van der Waals surface area contributed by atoms with Crippen LogP contribution in [0.2, 0.25) is 0 Å². The molecule has 1 atom stereocenters. The molecule has 1 unspecified atom stereocenters. The summed E-state index contributed by atoms with van der Waals surface area (Å²) >= 11 is 0. The Hall–Kier alpha value is -0.600. The molecule has 1 aliphatic rings. The average molecular weight is 117 g/mol. The number of carbonyl (C=O) groups excluding carboxylic acids is 1. The van der Waals surface area contributed by atoms with E-state index in [2.05, 4.69) is 5.32 Å². The third-order valence-electron chi connectivity index (χ3n) is 1.21. The number of nitrogens with one attached hydrogen (secondary N) is 1. The maximum absolute atomic E-state index is 12.1.